The summed E-state index contributed by atoms with van der Waals surface area (Å²) in [4.78, 5) is 4.19. The largest absolute Gasteiger partial charge is 0.306 e. The van der Waals surface area contributed by atoms with Crippen molar-refractivity contribution in [3.8, 4) is 0 Å². The van der Waals surface area contributed by atoms with Crippen LogP contribution in [-0.2, 0) is 16.6 Å². The number of hydrogen-bond donors (Lipinski definition) is 2. The van der Waals surface area contributed by atoms with Gasteiger partial charge in [-0.15, -0.1) is 0 Å². The van der Waals surface area contributed by atoms with Gasteiger partial charge in [0.15, 0.2) is 0 Å². The highest BCUT2D eigenvalue weighted by molar-refractivity contribution is 7.89. The number of rotatable bonds is 5. The maximum atomic E-state index is 11.2. The van der Waals surface area contributed by atoms with Crippen molar-refractivity contribution in [2.75, 3.05) is 0 Å². The fourth-order valence-corrected chi connectivity index (χ4v) is 2.54. The second-order valence-electron chi connectivity index (χ2n) is 5.02. The van der Waals surface area contributed by atoms with Crippen molar-refractivity contribution < 1.29 is 8.42 Å². The van der Waals surface area contributed by atoms with Crippen molar-refractivity contribution in [1.29, 1.82) is 0 Å². The predicted octanol–water partition coefficient (Wildman–Crippen LogP) is 1.89. The summed E-state index contributed by atoms with van der Waals surface area (Å²) in [6, 6.07) is 8.69. The lowest BCUT2D eigenvalue weighted by molar-refractivity contribution is 0.572. The molecule has 0 saturated heterocycles. The molecule has 0 saturated carbocycles. The van der Waals surface area contributed by atoms with Crippen molar-refractivity contribution in [2.24, 2.45) is 5.14 Å². The van der Waals surface area contributed by atoms with Crippen molar-refractivity contribution in [3.63, 3.8) is 0 Å². The van der Waals surface area contributed by atoms with Gasteiger partial charge < -0.3 is 5.32 Å². The van der Waals surface area contributed by atoms with Gasteiger partial charge in [0.25, 0.3) is 0 Å². The van der Waals surface area contributed by atoms with Crippen LogP contribution in [0.3, 0.4) is 0 Å². The van der Waals surface area contributed by atoms with Crippen molar-refractivity contribution >= 4 is 10.0 Å². The molecule has 0 bridgehead atoms. The standard InChI is InChI=1S/C15H19N3O2S/c1-11-9-17-8-7-14(11)10-18-12(2)13-3-5-15(6-4-13)21(16,19)20/h3-9,12,18H,10H2,1-2H3,(H2,16,19,20). The Bertz CT molecular complexity index is 712. The smallest absolute Gasteiger partial charge is 0.238 e. The molecule has 3 N–H and O–H groups in total. The number of hydrogen-bond acceptors (Lipinski definition) is 4. The van der Waals surface area contributed by atoms with E-state index in [1.54, 1.807) is 18.3 Å². The van der Waals surface area contributed by atoms with E-state index < -0.39 is 10.0 Å². The molecule has 2 rings (SSSR count). The Morgan fingerprint density at radius 2 is 1.90 bits per heavy atom. The van der Waals surface area contributed by atoms with Crippen LogP contribution in [0.4, 0.5) is 0 Å². The first-order valence-electron chi connectivity index (χ1n) is 6.63. The molecule has 1 aromatic heterocycles. The van der Waals surface area contributed by atoms with Gasteiger partial charge in [0.2, 0.25) is 10.0 Å². The quantitative estimate of drug-likeness (QED) is 0.883. The molecule has 0 radical (unpaired) electrons. The van der Waals surface area contributed by atoms with Crippen LogP contribution >= 0.6 is 0 Å². The average Bonchev–Trinajstić information content (AvgIpc) is 2.45. The summed E-state index contributed by atoms with van der Waals surface area (Å²) in [5.41, 5.74) is 3.34. The first-order chi connectivity index (χ1) is 9.88. The molecule has 1 heterocycles. The summed E-state index contributed by atoms with van der Waals surface area (Å²) in [6.07, 6.45) is 3.61. The zero-order valence-corrected chi connectivity index (χ0v) is 12.9. The van der Waals surface area contributed by atoms with Crippen molar-refractivity contribution in [3.05, 3.63) is 59.4 Å². The van der Waals surface area contributed by atoms with E-state index in [0.29, 0.717) is 0 Å². The number of primary sulfonamides is 1. The van der Waals surface area contributed by atoms with E-state index in [0.717, 1.165) is 17.7 Å². The number of benzene rings is 1. The molecule has 1 unspecified atom stereocenters. The molecule has 0 aliphatic carbocycles. The van der Waals surface area contributed by atoms with Crippen LogP contribution < -0.4 is 10.5 Å². The Balaban J connectivity index is 2.04. The van der Waals surface area contributed by atoms with Crippen LogP contribution in [-0.4, -0.2) is 13.4 Å². The van der Waals surface area contributed by atoms with Crippen molar-refractivity contribution in [2.45, 2.75) is 31.3 Å². The lowest BCUT2D eigenvalue weighted by Gasteiger charge is -2.15. The summed E-state index contributed by atoms with van der Waals surface area (Å²) >= 11 is 0. The van der Waals surface area contributed by atoms with Crippen LogP contribution in [0.25, 0.3) is 0 Å². The minimum absolute atomic E-state index is 0.104. The minimum Gasteiger partial charge on any atom is -0.306 e. The molecule has 0 fully saturated rings. The van der Waals surface area contributed by atoms with E-state index in [1.165, 1.54) is 17.7 Å². The fourth-order valence-electron chi connectivity index (χ4n) is 2.03. The zero-order valence-electron chi connectivity index (χ0n) is 12.1. The molecule has 112 valence electrons. The number of nitrogens with zero attached hydrogens (tertiary/aromatic N) is 1. The molecule has 21 heavy (non-hydrogen) atoms. The van der Waals surface area contributed by atoms with Crippen LogP contribution in [0.2, 0.25) is 0 Å². The molecule has 5 nitrogen and oxygen atoms in total. The maximum Gasteiger partial charge on any atom is 0.238 e. The van der Waals surface area contributed by atoms with E-state index in [4.69, 9.17) is 5.14 Å². The van der Waals surface area contributed by atoms with E-state index in [9.17, 15) is 8.42 Å². The topological polar surface area (TPSA) is 85.1 Å². The maximum absolute atomic E-state index is 11.2. The minimum atomic E-state index is -3.63. The number of aryl methyl sites for hydroxylation is 1. The molecule has 0 spiro atoms. The number of aromatic nitrogens is 1. The second-order valence-corrected chi connectivity index (χ2v) is 6.58. The Morgan fingerprint density at radius 1 is 1.24 bits per heavy atom. The van der Waals surface area contributed by atoms with Gasteiger partial charge in [-0.1, -0.05) is 12.1 Å². The van der Waals surface area contributed by atoms with E-state index in [1.807, 2.05) is 26.1 Å². The molecule has 2 aromatic rings. The summed E-state index contributed by atoms with van der Waals surface area (Å²) < 4.78 is 22.4. The third kappa shape index (κ3) is 4.10. The average molecular weight is 305 g/mol. The Kier molecular flexibility index (Phi) is 4.72. The normalized spacial score (nSPS) is 13.1. The molecule has 0 amide bonds. The lowest BCUT2D eigenvalue weighted by atomic mass is 10.1. The Labute approximate surface area is 125 Å². The van der Waals surface area contributed by atoms with Gasteiger partial charge in [-0.05, 0) is 48.7 Å². The van der Waals surface area contributed by atoms with Gasteiger partial charge in [0, 0.05) is 25.0 Å². The molecule has 0 aliphatic heterocycles. The summed E-state index contributed by atoms with van der Waals surface area (Å²) in [6.45, 7) is 4.78. The molecule has 1 atom stereocenters. The van der Waals surface area contributed by atoms with Gasteiger partial charge in [0.1, 0.15) is 0 Å². The molecule has 6 heteroatoms. The highest BCUT2D eigenvalue weighted by atomic mass is 32.2. The molecule has 0 aliphatic rings. The van der Waals surface area contributed by atoms with Crippen LogP contribution in [0.1, 0.15) is 29.7 Å². The van der Waals surface area contributed by atoms with E-state index >= 15 is 0 Å². The first-order valence-corrected chi connectivity index (χ1v) is 8.18. The fraction of sp³-hybridized carbons (Fsp3) is 0.267. The number of nitrogens with two attached hydrogens (primary N) is 1. The van der Waals surface area contributed by atoms with Crippen LogP contribution in [0, 0.1) is 6.92 Å². The lowest BCUT2D eigenvalue weighted by Crippen LogP contribution is -2.19. The van der Waals surface area contributed by atoms with E-state index in [-0.39, 0.29) is 10.9 Å². The molecule has 1 aromatic carbocycles. The Morgan fingerprint density at radius 3 is 2.48 bits per heavy atom. The van der Waals surface area contributed by atoms with Gasteiger partial charge >= 0.3 is 0 Å². The van der Waals surface area contributed by atoms with Crippen molar-refractivity contribution in [1.82, 2.24) is 10.3 Å². The monoisotopic (exact) mass is 305 g/mol. The number of pyridine rings is 1. The second kappa shape index (κ2) is 6.34. The highest BCUT2D eigenvalue weighted by Gasteiger charge is 2.10. The predicted molar refractivity (Wildman–Crippen MR) is 82.0 cm³/mol. The van der Waals surface area contributed by atoms with Gasteiger partial charge in [-0.25, -0.2) is 13.6 Å². The third-order valence-corrected chi connectivity index (χ3v) is 4.37. The molecular formula is C15H19N3O2S. The Hall–Kier alpha value is -1.76. The molecular weight excluding hydrogens is 286 g/mol. The zero-order chi connectivity index (χ0) is 15.5. The third-order valence-electron chi connectivity index (χ3n) is 3.44. The summed E-state index contributed by atoms with van der Waals surface area (Å²) in [5.74, 6) is 0. The van der Waals surface area contributed by atoms with Crippen LogP contribution in [0.5, 0.6) is 0 Å². The summed E-state index contributed by atoms with van der Waals surface area (Å²) in [7, 11) is -3.63. The number of sulfonamides is 1. The van der Waals surface area contributed by atoms with Gasteiger partial charge in [-0.3, -0.25) is 4.98 Å². The first kappa shape index (κ1) is 15.6. The van der Waals surface area contributed by atoms with Gasteiger partial charge in [0.05, 0.1) is 4.90 Å². The number of nitrogens with one attached hydrogen (secondary N) is 1. The van der Waals surface area contributed by atoms with Gasteiger partial charge in [-0.2, -0.15) is 0 Å². The summed E-state index contributed by atoms with van der Waals surface area (Å²) in [5, 5.41) is 8.49. The SMILES string of the molecule is Cc1cnccc1CNC(C)c1ccc(S(N)(=O)=O)cc1. The van der Waals surface area contributed by atoms with E-state index in [2.05, 4.69) is 10.3 Å². The van der Waals surface area contributed by atoms with Crippen LogP contribution in [0.15, 0.2) is 47.6 Å². The highest BCUT2D eigenvalue weighted by Crippen LogP contribution is 2.16.